The van der Waals surface area contributed by atoms with Gasteiger partial charge in [-0.15, -0.1) is 0 Å². The molecule has 0 aromatic carbocycles. The van der Waals surface area contributed by atoms with Gasteiger partial charge < -0.3 is 0 Å². The van der Waals surface area contributed by atoms with E-state index in [2.05, 4.69) is 34.7 Å². The zero-order valence-electron chi connectivity index (χ0n) is 16.2. The van der Waals surface area contributed by atoms with Crippen LogP contribution in [0.15, 0.2) is 12.4 Å². The van der Waals surface area contributed by atoms with E-state index in [-0.39, 0.29) is 0 Å². The molecule has 3 heterocycles. The summed E-state index contributed by atoms with van der Waals surface area (Å²) >= 11 is 0. The molecule has 1 saturated carbocycles. The first-order chi connectivity index (χ1) is 12.7. The number of rotatable bonds is 5. The predicted molar refractivity (Wildman–Crippen MR) is 103 cm³/mol. The lowest BCUT2D eigenvalue weighted by molar-refractivity contribution is 0.241. The average Bonchev–Trinajstić information content (AvgIpc) is 3.02. The molecule has 4 rings (SSSR count). The van der Waals surface area contributed by atoms with Gasteiger partial charge in [-0.2, -0.15) is 5.10 Å². The Morgan fingerprint density at radius 1 is 1.15 bits per heavy atom. The summed E-state index contributed by atoms with van der Waals surface area (Å²) in [7, 11) is 0. The molecule has 2 aliphatic rings. The Morgan fingerprint density at radius 3 is 2.81 bits per heavy atom. The number of fused-ring (bicyclic) bond motifs is 1. The van der Waals surface area contributed by atoms with Gasteiger partial charge in [-0.3, -0.25) is 9.58 Å². The van der Waals surface area contributed by atoms with Gasteiger partial charge in [0.15, 0.2) is 0 Å². The second kappa shape index (κ2) is 7.87. The van der Waals surface area contributed by atoms with Gasteiger partial charge in [-0.25, -0.2) is 9.97 Å². The number of aromatic nitrogens is 4. The Balaban J connectivity index is 1.43. The molecule has 0 bridgehead atoms. The van der Waals surface area contributed by atoms with Crippen LogP contribution in [0.2, 0.25) is 0 Å². The molecule has 26 heavy (non-hydrogen) atoms. The van der Waals surface area contributed by atoms with E-state index < -0.39 is 0 Å². The standard InChI is InChI=1S/C21H31N5/c1-3-10-26-16(2)18(13-23-26)14-25-11-9-20-19(15-25)12-22-21(24-20)17-7-5-4-6-8-17/h12-13,17H,3-11,14-15H2,1-2H3. The molecular formula is C21H31N5. The topological polar surface area (TPSA) is 46.8 Å². The van der Waals surface area contributed by atoms with Crippen LogP contribution in [-0.4, -0.2) is 31.2 Å². The lowest BCUT2D eigenvalue weighted by Gasteiger charge is -2.29. The van der Waals surface area contributed by atoms with Crippen molar-refractivity contribution in [3.63, 3.8) is 0 Å². The van der Waals surface area contributed by atoms with Crippen molar-refractivity contribution in [2.75, 3.05) is 6.54 Å². The maximum atomic E-state index is 4.97. The molecule has 0 radical (unpaired) electrons. The molecule has 2 aromatic rings. The van der Waals surface area contributed by atoms with Crippen molar-refractivity contribution in [3.05, 3.63) is 40.7 Å². The van der Waals surface area contributed by atoms with E-state index in [4.69, 9.17) is 9.97 Å². The Morgan fingerprint density at radius 2 is 2.00 bits per heavy atom. The first-order valence-electron chi connectivity index (χ1n) is 10.3. The average molecular weight is 354 g/mol. The Bertz CT molecular complexity index is 745. The molecule has 0 unspecified atom stereocenters. The zero-order valence-corrected chi connectivity index (χ0v) is 16.2. The van der Waals surface area contributed by atoms with Crippen molar-refractivity contribution in [2.24, 2.45) is 0 Å². The van der Waals surface area contributed by atoms with Crippen molar-refractivity contribution in [3.8, 4) is 0 Å². The van der Waals surface area contributed by atoms with Gasteiger partial charge in [-0.05, 0) is 26.2 Å². The Labute approximate surface area is 156 Å². The van der Waals surface area contributed by atoms with Gasteiger partial charge in [0.05, 0.1) is 6.20 Å². The van der Waals surface area contributed by atoms with Crippen molar-refractivity contribution in [1.82, 2.24) is 24.6 Å². The van der Waals surface area contributed by atoms with Crippen molar-refractivity contribution in [2.45, 2.75) is 84.3 Å². The third-order valence-corrected chi connectivity index (χ3v) is 6.04. The third kappa shape index (κ3) is 3.68. The summed E-state index contributed by atoms with van der Waals surface area (Å²) in [5.74, 6) is 1.70. The first-order valence-corrected chi connectivity index (χ1v) is 10.3. The lowest BCUT2D eigenvalue weighted by Crippen LogP contribution is -2.31. The fraction of sp³-hybridized carbons (Fsp3) is 0.667. The summed E-state index contributed by atoms with van der Waals surface area (Å²) < 4.78 is 2.13. The molecule has 0 spiro atoms. The van der Waals surface area contributed by atoms with Gasteiger partial charge in [0, 0.05) is 67.2 Å². The van der Waals surface area contributed by atoms with E-state index in [1.54, 1.807) is 0 Å². The quantitative estimate of drug-likeness (QED) is 0.815. The first kappa shape index (κ1) is 17.7. The highest BCUT2D eigenvalue weighted by atomic mass is 15.3. The van der Waals surface area contributed by atoms with Crippen LogP contribution in [0.3, 0.4) is 0 Å². The van der Waals surface area contributed by atoms with Gasteiger partial charge in [0.25, 0.3) is 0 Å². The minimum atomic E-state index is 0.596. The molecule has 0 N–H and O–H groups in total. The summed E-state index contributed by atoms with van der Waals surface area (Å²) in [5.41, 5.74) is 5.26. The Hall–Kier alpha value is -1.75. The summed E-state index contributed by atoms with van der Waals surface area (Å²) in [6.07, 6.45) is 12.9. The van der Waals surface area contributed by atoms with Crippen molar-refractivity contribution in [1.29, 1.82) is 0 Å². The molecule has 2 aromatic heterocycles. The molecule has 1 fully saturated rings. The molecular weight excluding hydrogens is 322 g/mol. The van der Waals surface area contributed by atoms with Gasteiger partial charge in [0.1, 0.15) is 5.82 Å². The highest BCUT2D eigenvalue weighted by Gasteiger charge is 2.23. The van der Waals surface area contributed by atoms with Crippen molar-refractivity contribution >= 4 is 0 Å². The van der Waals surface area contributed by atoms with Gasteiger partial charge in [-0.1, -0.05) is 26.2 Å². The molecule has 1 aliphatic heterocycles. The maximum Gasteiger partial charge on any atom is 0.131 e. The van der Waals surface area contributed by atoms with E-state index in [9.17, 15) is 0 Å². The summed E-state index contributed by atoms with van der Waals surface area (Å²) in [4.78, 5) is 12.2. The highest BCUT2D eigenvalue weighted by Crippen LogP contribution is 2.31. The van der Waals surface area contributed by atoms with Crippen LogP contribution in [0.4, 0.5) is 0 Å². The van der Waals surface area contributed by atoms with Crippen LogP contribution in [0.5, 0.6) is 0 Å². The highest BCUT2D eigenvalue weighted by molar-refractivity contribution is 5.23. The van der Waals surface area contributed by atoms with Crippen LogP contribution in [0, 0.1) is 6.92 Å². The van der Waals surface area contributed by atoms with Crippen LogP contribution >= 0.6 is 0 Å². The minimum absolute atomic E-state index is 0.596. The van der Waals surface area contributed by atoms with Gasteiger partial charge in [0.2, 0.25) is 0 Å². The molecule has 5 nitrogen and oxygen atoms in total. The number of nitrogens with zero attached hydrogens (tertiary/aromatic N) is 5. The van der Waals surface area contributed by atoms with Crippen LogP contribution in [0.1, 0.15) is 79.7 Å². The SMILES string of the molecule is CCCn1ncc(CN2CCc3nc(C4CCCCC4)ncc3C2)c1C. The summed E-state index contributed by atoms with van der Waals surface area (Å²) in [5, 5.41) is 4.54. The smallest absolute Gasteiger partial charge is 0.131 e. The van der Waals surface area contributed by atoms with Crippen LogP contribution in [-0.2, 0) is 26.1 Å². The summed E-state index contributed by atoms with van der Waals surface area (Å²) in [6, 6.07) is 0. The van der Waals surface area contributed by atoms with Crippen LogP contribution in [0.25, 0.3) is 0 Å². The fourth-order valence-corrected chi connectivity index (χ4v) is 4.40. The largest absolute Gasteiger partial charge is 0.294 e. The number of hydrogen-bond acceptors (Lipinski definition) is 4. The molecule has 0 saturated heterocycles. The fourth-order valence-electron chi connectivity index (χ4n) is 4.40. The van der Waals surface area contributed by atoms with E-state index >= 15 is 0 Å². The number of hydrogen-bond donors (Lipinski definition) is 0. The monoisotopic (exact) mass is 353 g/mol. The maximum absolute atomic E-state index is 4.97. The molecule has 140 valence electrons. The molecule has 0 atom stereocenters. The second-order valence-electron chi connectivity index (χ2n) is 7.97. The normalized spacial score (nSPS) is 18.8. The van der Waals surface area contributed by atoms with E-state index in [1.165, 1.54) is 54.6 Å². The van der Waals surface area contributed by atoms with Crippen LogP contribution < -0.4 is 0 Å². The lowest BCUT2D eigenvalue weighted by atomic mass is 9.88. The molecule has 0 amide bonds. The van der Waals surface area contributed by atoms with Crippen molar-refractivity contribution < 1.29 is 0 Å². The third-order valence-electron chi connectivity index (χ3n) is 6.04. The zero-order chi connectivity index (χ0) is 17.9. The van der Waals surface area contributed by atoms with E-state index in [1.807, 2.05) is 6.20 Å². The summed E-state index contributed by atoms with van der Waals surface area (Å²) in [6.45, 7) is 8.40. The van der Waals surface area contributed by atoms with E-state index in [0.29, 0.717) is 5.92 Å². The van der Waals surface area contributed by atoms with E-state index in [0.717, 1.165) is 44.8 Å². The molecule has 1 aliphatic carbocycles. The number of aryl methyl sites for hydroxylation is 1. The predicted octanol–water partition coefficient (Wildman–Crippen LogP) is 4.00. The van der Waals surface area contributed by atoms with Gasteiger partial charge >= 0.3 is 0 Å². The Kier molecular flexibility index (Phi) is 5.34. The second-order valence-corrected chi connectivity index (χ2v) is 7.97. The minimum Gasteiger partial charge on any atom is -0.294 e. The molecule has 5 heteroatoms.